The molecule has 134 valence electrons. The zero-order chi connectivity index (χ0) is 18.6. The normalized spacial score (nSPS) is 12.5. The summed E-state index contributed by atoms with van der Waals surface area (Å²) in [5, 5.41) is 9.55. The second-order valence-corrected chi connectivity index (χ2v) is 7.24. The predicted octanol–water partition coefficient (Wildman–Crippen LogP) is 4.38. The molecule has 1 atom stereocenters. The van der Waals surface area contributed by atoms with Crippen molar-refractivity contribution in [2.75, 3.05) is 7.11 Å². The fraction of sp³-hybridized carbons (Fsp3) is 0.381. The summed E-state index contributed by atoms with van der Waals surface area (Å²) in [6.45, 7) is 8.36. The lowest BCUT2D eigenvalue weighted by molar-refractivity contribution is -0.145. The van der Waals surface area contributed by atoms with Gasteiger partial charge in [-0.15, -0.1) is 0 Å². The summed E-state index contributed by atoms with van der Waals surface area (Å²) in [5.74, 6) is 0.221. The highest BCUT2D eigenvalue weighted by Crippen LogP contribution is 2.26. The molecule has 2 aromatic carbocycles. The fourth-order valence-electron chi connectivity index (χ4n) is 2.64. The molecule has 25 heavy (non-hydrogen) atoms. The Morgan fingerprint density at radius 1 is 1.12 bits per heavy atom. The Bertz CT molecular complexity index is 727. The average molecular weight is 342 g/mol. The van der Waals surface area contributed by atoms with Gasteiger partial charge in [0, 0.05) is 6.42 Å². The van der Waals surface area contributed by atoms with E-state index >= 15 is 0 Å². The zero-order valence-corrected chi connectivity index (χ0v) is 15.5. The van der Waals surface area contributed by atoms with Crippen molar-refractivity contribution in [2.24, 2.45) is 0 Å². The van der Waals surface area contributed by atoms with Gasteiger partial charge in [-0.2, -0.15) is 0 Å². The van der Waals surface area contributed by atoms with Crippen molar-refractivity contribution >= 4 is 5.97 Å². The second-order valence-electron chi connectivity index (χ2n) is 7.24. The molecule has 0 heterocycles. The Morgan fingerprint density at radius 3 is 2.28 bits per heavy atom. The van der Waals surface area contributed by atoms with Gasteiger partial charge in [0.05, 0.1) is 7.11 Å². The first kappa shape index (κ1) is 18.8. The largest absolute Gasteiger partial charge is 0.496 e. The summed E-state index contributed by atoms with van der Waals surface area (Å²) in [6, 6.07) is 13.3. The number of hydrogen-bond donors (Lipinski definition) is 1. The number of benzene rings is 2. The van der Waals surface area contributed by atoms with E-state index in [1.54, 1.807) is 7.11 Å². The zero-order valence-electron chi connectivity index (χ0n) is 15.5. The van der Waals surface area contributed by atoms with E-state index in [-0.39, 0.29) is 11.8 Å². The molecule has 0 fully saturated rings. The molecule has 0 aromatic heterocycles. The Kier molecular flexibility index (Phi) is 5.73. The van der Waals surface area contributed by atoms with E-state index in [4.69, 9.17) is 9.47 Å². The number of carboxylic acid groups (broad SMARTS) is 1. The third-order valence-electron chi connectivity index (χ3n) is 4.12. The van der Waals surface area contributed by atoms with Gasteiger partial charge in [-0.25, -0.2) is 4.79 Å². The molecule has 0 amide bonds. The van der Waals surface area contributed by atoms with Gasteiger partial charge in [0.25, 0.3) is 0 Å². The molecule has 4 heteroatoms. The quantitative estimate of drug-likeness (QED) is 0.846. The number of methoxy groups -OCH3 is 1. The van der Waals surface area contributed by atoms with E-state index in [0.717, 1.165) is 11.1 Å². The molecule has 0 saturated heterocycles. The molecule has 0 spiro atoms. The molecule has 0 aliphatic carbocycles. The number of ether oxygens (including phenoxy) is 2. The van der Waals surface area contributed by atoms with Crippen LogP contribution in [0.15, 0.2) is 42.5 Å². The van der Waals surface area contributed by atoms with Crippen molar-refractivity contribution in [3.8, 4) is 11.5 Å². The lowest BCUT2D eigenvalue weighted by Gasteiger charge is -2.20. The molecule has 0 saturated carbocycles. The number of hydrogen-bond acceptors (Lipinski definition) is 3. The monoisotopic (exact) mass is 342 g/mol. The van der Waals surface area contributed by atoms with E-state index < -0.39 is 12.1 Å². The number of aliphatic carboxylic acids is 1. The molecule has 0 aliphatic heterocycles. The molecule has 1 unspecified atom stereocenters. The second kappa shape index (κ2) is 7.60. The van der Waals surface area contributed by atoms with E-state index in [0.29, 0.717) is 11.5 Å². The van der Waals surface area contributed by atoms with Crippen molar-refractivity contribution in [2.45, 2.75) is 45.6 Å². The Morgan fingerprint density at radius 2 is 1.76 bits per heavy atom. The number of carboxylic acids is 1. The van der Waals surface area contributed by atoms with Crippen molar-refractivity contribution < 1.29 is 19.4 Å². The minimum Gasteiger partial charge on any atom is -0.496 e. The number of rotatable bonds is 6. The van der Waals surface area contributed by atoms with Crippen LogP contribution in [-0.4, -0.2) is 24.3 Å². The molecule has 0 radical (unpaired) electrons. The van der Waals surface area contributed by atoms with Crippen molar-refractivity contribution in [1.29, 1.82) is 0 Å². The number of carbonyl (C=O) groups is 1. The molecule has 2 aromatic rings. The van der Waals surface area contributed by atoms with Gasteiger partial charge in [0.2, 0.25) is 0 Å². The highest BCUT2D eigenvalue weighted by atomic mass is 16.5. The molecule has 4 nitrogen and oxygen atoms in total. The maximum Gasteiger partial charge on any atom is 0.345 e. The molecule has 1 N–H and O–H groups in total. The number of aryl methyl sites for hydroxylation is 1. The van der Waals surface area contributed by atoms with Gasteiger partial charge >= 0.3 is 5.97 Å². The van der Waals surface area contributed by atoms with Crippen LogP contribution < -0.4 is 9.47 Å². The standard InChI is InChI=1S/C21H26O4/c1-14-6-11-18(24-5)15(12-14)13-19(20(22)23)25-17-9-7-16(8-10-17)21(2,3)4/h6-12,19H,13H2,1-5H3,(H,22,23). The lowest BCUT2D eigenvalue weighted by atomic mass is 9.87. The van der Waals surface area contributed by atoms with Crippen molar-refractivity contribution in [3.63, 3.8) is 0 Å². The summed E-state index contributed by atoms with van der Waals surface area (Å²) < 4.78 is 11.1. The summed E-state index contributed by atoms with van der Waals surface area (Å²) in [4.78, 5) is 11.7. The van der Waals surface area contributed by atoms with Gasteiger partial charge in [-0.05, 0) is 41.7 Å². The van der Waals surface area contributed by atoms with Crippen LogP contribution in [0.25, 0.3) is 0 Å². The van der Waals surface area contributed by atoms with Crippen LogP contribution in [0.1, 0.15) is 37.5 Å². The van der Waals surface area contributed by atoms with Crippen LogP contribution >= 0.6 is 0 Å². The van der Waals surface area contributed by atoms with Gasteiger partial charge in [0.1, 0.15) is 11.5 Å². The van der Waals surface area contributed by atoms with Crippen LogP contribution in [0, 0.1) is 6.92 Å². The SMILES string of the molecule is COc1ccc(C)cc1CC(Oc1ccc(C(C)(C)C)cc1)C(=O)O. The van der Waals surface area contributed by atoms with Crippen LogP contribution in [0.3, 0.4) is 0 Å². The van der Waals surface area contributed by atoms with Gasteiger partial charge in [0.15, 0.2) is 6.10 Å². The lowest BCUT2D eigenvalue weighted by Crippen LogP contribution is -2.29. The summed E-state index contributed by atoms with van der Waals surface area (Å²) in [5.41, 5.74) is 3.09. The maximum absolute atomic E-state index is 11.7. The first-order valence-corrected chi connectivity index (χ1v) is 8.34. The van der Waals surface area contributed by atoms with Crippen molar-refractivity contribution in [1.82, 2.24) is 0 Å². The minimum absolute atomic E-state index is 0.0413. The first-order valence-electron chi connectivity index (χ1n) is 8.34. The smallest absolute Gasteiger partial charge is 0.345 e. The van der Waals surface area contributed by atoms with Crippen LogP contribution in [0.5, 0.6) is 11.5 Å². The van der Waals surface area contributed by atoms with Crippen LogP contribution in [0.2, 0.25) is 0 Å². The van der Waals surface area contributed by atoms with Crippen LogP contribution in [0.4, 0.5) is 0 Å². The Hall–Kier alpha value is -2.49. The molecule has 0 bridgehead atoms. The fourth-order valence-corrected chi connectivity index (χ4v) is 2.64. The van der Waals surface area contributed by atoms with Gasteiger partial charge in [-0.1, -0.05) is 50.6 Å². The first-order chi connectivity index (χ1) is 11.7. The highest BCUT2D eigenvalue weighted by Gasteiger charge is 2.22. The molecule has 0 aliphatic rings. The van der Waals surface area contributed by atoms with Crippen LogP contribution in [-0.2, 0) is 16.6 Å². The van der Waals surface area contributed by atoms with E-state index in [1.165, 1.54) is 5.56 Å². The van der Waals surface area contributed by atoms with Crippen molar-refractivity contribution in [3.05, 3.63) is 59.2 Å². The summed E-state index contributed by atoms with van der Waals surface area (Å²) in [6.07, 6.45) is -0.738. The minimum atomic E-state index is -0.997. The third kappa shape index (κ3) is 4.99. The molecular weight excluding hydrogens is 316 g/mol. The maximum atomic E-state index is 11.7. The average Bonchev–Trinajstić information content (AvgIpc) is 2.54. The topological polar surface area (TPSA) is 55.8 Å². The Labute approximate surface area is 149 Å². The summed E-state index contributed by atoms with van der Waals surface area (Å²) in [7, 11) is 1.58. The molecular formula is C21H26O4. The van der Waals surface area contributed by atoms with E-state index in [9.17, 15) is 9.90 Å². The molecule has 2 rings (SSSR count). The van der Waals surface area contributed by atoms with E-state index in [1.807, 2.05) is 49.4 Å². The van der Waals surface area contributed by atoms with Gasteiger partial charge in [-0.3, -0.25) is 0 Å². The van der Waals surface area contributed by atoms with Gasteiger partial charge < -0.3 is 14.6 Å². The third-order valence-corrected chi connectivity index (χ3v) is 4.12. The highest BCUT2D eigenvalue weighted by molar-refractivity contribution is 5.73. The predicted molar refractivity (Wildman–Crippen MR) is 98.6 cm³/mol. The summed E-state index contributed by atoms with van der Waals surface area (Å²) >= 11 is 0. The van der Waals surface area contributed by atoms with E-state index in [2.05, 4.69) is 20.8 Å². The Balaban J connectivity index is 2.19.